The Labute approximate surface area is 114 Å². The van der Waals surface area contributed by atoms with E-state index in [4.69, 9.17) is 4.74 Å². The van der Waals surface area contributed by atoms with E-state index in [-0.39, 0.29) is 6.04 Å². The van der Waals surface area contributed by atoms with E-state index in [1.165, 1.54) is 11.1 Å². The van der Waals surface area contributed by atoms with E-state index in [2.05, 4.69) is 41.5 Å². The van der Waals surface area contributed by atoms with Gasteiger partial charge < -0.3 is 10.1 Å². The van der Waals surface area contributed by atoms with E-state index >= 15 is 0 Å². The van der Waals surface area contributed by atoms with Gasteiger partial charge in [0.05, 0.1) is 7.11 Å². The molecule has 2 aromatic rings. The molecule has 3 nitrogen and oxygen atoms in total. The summed E-state index contributed by atoms with van der Waals surface area (Å²) in [7, 11) is 3.68. The van der Waals surface area contributed by atoms with Gasteiger partial charge in [-0.1, -0.05) is 19.1 Å². The van der Waals surface area contributed by atoms with Gasteiger partial charge in [-0.25, -0.2) is 0 Å². The summed E-state index contributed by atoms with van der Waals surface area (Å²) in [5.74, 6) is 1.26. The predicted octanol–water partition coefficient (Wildman–Crippen LogP) is 3.15. The molecule has 0 radical (unpaired) electrons. The minimum atomic E-state index is 0.272. The van der Waals surface area contributed by atoms with Crippen LogP contribution in [0.25, 0.3) is 0 Å². The second kappa shape index (κ2) is 6.34. The molecule has 0 bridgehead atoms. The zero-order valence-electron chi connectivity index (χ0n) is 11.6. The lowest BCUT2D eigenvalue weighted by atomic mass is 9.89. The van der Waals surface area contributed by atoms with Crippen molar-refractivity contribution in [2.24, 2.45) is 0 Å². The molecule has 2 unspecified atom stereocenters. The van der Waals surface area contributed by atoms with Gasteiger partial charge in [0.2, 0.25) is 0 Å². The smallest absolute Gasteiger partial charge is 0.118 e. The lowest BCUT2D eigenvalue weighted by molar-refractivity contribution is 0.414. The number of hydrogen-bond donors (Lipinski definition) is 1. The number of methoxy groups -OCH3 is 1. The van der Waals surface area contributed by atoms with Crippen LogP contribution in [-0.4, -0.2) is 19.1 Å². The predicted molar refractivity (Wildman–Crippen MR) is 77.4 cm³/mol. The highest BCUT2D eigenvalue weighted by atomic mass is 16.5. The van der Waals surface area contributed by atoms with Crippen molar-refractivity contribution in [2.75, 3.05) is 14.2 Å². The number of nitrogens with one attached hydrogen (secondary N) is 1. The van der Waals surface area contributed by atoms with Crippen LogP contribution in [0.1, 0.15) is 30.0 Å². The summed E-state index contributed by atoms with van der Waals surface area (Å²) in [6, 6.07) is 12.6. The average molecular weight is 256 g/mol. The lowest BCUT2D eigenvalue weighted by Gasteiger charge is -2.24. The highest BCUT2D eigenvalue weighted by Gasteiger charge is 2.19. The molecule has 1 aromatic carbocycles. The summed E-state index contributed by atoms with van der Waals surface area (Å²) in [4.78, 5) is 4.07. The molecule has 0 aliphatic heterocycles. The van der Waals surface area contributed by atoms with Gasteiger partial charge in [0.1, 0.15) is 5.75 Å². The zero-order valence-corrected chi connectivity index (χ0v) is 11.6. The zero-order chi connectivity index (χ0) is 13.7. The molecule has 0 fully saturated rings. The second-order valence-corrected chi connectivity index (χ2v) is 4.61. The fourth-order valence-electron chi connectivity index (χ4n) is 2.38. The first-order chi connectivity index (χ1) is 9.26. The van der Waals surface area contributed by atoms with Crippen LogP contribution in [-0.2, 0) is 0 Å². The van der Waals surface area contributed by atoms with Crippen LogP contribution >= 0.6 is 0 Å². The van der Waals surface area contributed by atoms with Crippen LogP contribution in [0.5, 0.6) is 5.75 Å². The van der Waals surface area contributed by atoms with Crippen molar-refractivity contribution in [3.05, 3.63) is 59.9 Å². The van der Waals surface area contributed by atoms with Crippen LogP contribution in [0.15, 0.2) is 48.8 Å². The van der Waals surface area contributed by atoms with Crippen LogP contribution < -0.4 is 10.1 Å². The standard InChI is InChI=1S/C16H20N2O/c1-12(13-8-10-18-11-9-13)16(17-2)14-4-6-15(19-3)7-5-14/h4-12,16-17H,1-3H3. The van der Waals surface area contributed by atoms with E-state index in [9.17, 15) is 0 Å². The van der Waals surface area contributed by atoms with Crippen LogP contribution in [0.2, 0.25) is 0 Å². The fraction of sp³-hybridized carbons (Fsp3) is 0.312. The summed E-state index contributed by atoms with van der Waals surface area (Å²) in [6.07, 6.45) is 3.68. The molecule has 0 amide bonds. The van der Waals surface area contributed by atoms with E-state index in [1.54, 1.807) is 7.11 Å². The van der Waals surface area contributed by atoms with Gasteiger partial charge in [-0.2, -0.15) is 0 Å². The van der Waals surface area contributed by atoms with Crippen molar-refractivity contribution in [3.8, 4) is 5.75 Å². The number of benzene rings is 1. The Morgan fingerprint density at radius 1 is 1.00 bits per heavy atom. The van der Waals surface area contributed by atoms with Crippen molar-refractivity contribution >= 4 is 0 Å². The average Bonchev–Trinajstić information content (AvgIpc) is 2.49. The number of nitrogens with zero attached hydrogens (tertiary/aromatic N) is 1. The molecule has 0 saturated heterocycles. The molecular formula is C16H20N2O. The summed E-state index contributed by atoms with van der Waals surface area (Å²) in [5, 5.41) is 3.39. The van der Waals surface area contributed by atoms with Gasteiger partial charge in [0.25, 0.3) is 0 Å². The number of likely N-dealkylation sites (N-methyl/N-ethyl adjacent to an activating group) is 1. The first-order valence-electron chi connectivity index (χ1n) is 6.47. The Morgan fingerprint density at radius 2 is 1.63 bits per heavy atom. The minimum absolute atomic E-state index is 0.272. The summed E-state index contributed by atoms with van der Waals surface area (Å²) >= 11 is 0. The van der Waals surface area contributed by atoms with Crippen molar-refractivity contribution < 1.29 is 4.74 Å². The SMILES string of the molecule is CNC(c1ccc(OC)cc1)C(C)c1ccncc1. The molecule has 19 heavy (non-hydrogen) atoms. The molecule has 3 heteroatoms. The largest absolute Gasteiger partial charge is 0.497 e. The summed E-state index contributed by atoms with van der Waals surface area (Å²) < 4.78 is 5.20. The number of ether oxygens (including phenoxy) is 1. The number of rotatable bonds is 5. The van der Waals surface area contributed by atoms with Crippen molar-refractivity contribution in [3.63, 3.8) is 0 Å². The highest BCUT2D eigenvalue weighted by Crippen LogP contribution is 2.30. The van der Waals surface area contributed by atoms with E-state index in [0.29, 0.717) is 5.92 Å². The third kappa shape index (κ3) is 3.12. The van der Waals surface area contributed by atoms with Gasteiger partial charge in [-0.3, -0.25) is 4.98 Å². The number of pyridine rings is 1. The maximum absolute atomic E-state index is 5.20. The van der Waals surface area contributed by atoms with Crippen molar-refractivity contribution in [2.45, 2.75) is 18.9 Å². The Balaban J connectivity index is 2.23. The molecular weight excluding hydrogens is 236 g/mol. The third-order valence-electron chi connectivity index (χ3n) is 3.52. The van der Waals surface area contributed by atoms with Gasteiger partial charge in [0.15, 0.2) is 0 Å². The first-order valence-corrected chi connectivity index (χ1v) is 6.47. The van der Waals surface area contributed by atoms with E-state index in [0.717, 1.165) is 5.75 Å². The highest BCUT2D eigenvalue weighted by molar-refractivity contribution is 5.31. The molecule has 2 rings (SSSR count). The van der Waals surface area contributed by atoms with Crippen LogP contribution in [0, 0.1) is 0 Å². The quantitative estimate of drug-likeness (QED) is 0.892. The van der Waals surface area contributed by atoms with Crippen molar-refractivity contribution in [1.29, 1.82) is 0 Å². The molecule has 2 atom stereocenters. The Kier molecular flexibility index (Phi) is 4.53. The molecule has 0 aliphatic rings. The van der Waals surface area contributed by atoms with Gasteiger partial charge in [-0.05, 0) is 42.4 Å². The maximum Gasteiger partial charge on any atom is 0.118 e. The fourth-order valence-corrected chi connectivity index (χ4v) is 2.38. The normalized spacial score (nSPS) is 13.8. The Hall–Kier alpha value is -1.87. The van der Waals surface area contributed by atoms with Crippen molar-refractivity contribution in [1.82, 2.24) is 10.3 Å². The molecule has 0 spiro atoms. The van der Waals surface area contributed by atoms with Gasteiger partial charge in [-0.15, -0.1) is 0 Å². The first kappa shape index (κ1) is 13.6. The molecule has 0 aliphatic carbocycles. The van der Waals surface area contributed by atoms with Gasteiger partial charge in [0, 0.05) is 24.4 Å². The monoisotopic (exact) mass is 256 g/mol. The summed E-state index contributed by atoms with van der Waals surface area (Å²) in [6.45, 7) is 2.22. The minimum Gasteiger partial charge on any atom is -0.497 e. The van der Waals surface area contributed by atoms with Gasteiger partial charge >= 0.3 is 0 Å². The Bertz CT molecular complexity index is 496. The lowest BCUT2D eigenvalue weighted by Crippen LogP contribution is -2.22. The maximum atomic E-state index is 5.20. The molecule has 1 heterocycles. The molecule has 100 valence electrons. The third-order valence-corrected chi connectivity index (χ3v) is 3.52. The van der Waals surface area contributed by atoms with Crippen LogP contribution in [0.4, 0.5) is 0 Å². The number of aromatic nitrogens is 1. The molecule has 0 saturated carbocycles. The topological polar surface area (TPSA) is 34.1 Å². The van der Waals surface area contributed by atoms with E-state index in [1.807, 2.05) is 31.6 Å². The van der Waals surface area contributed by atoms with Crippen LogP contribution in [0.3, 0.4) is 0 Å². The summed E-state index contributed by atoms with van der Waals surface area (Å²) in [5.41, 5.74) is 2.54. The second-order valence-electron chi connectivity index (χ2n) is 4.61. The molecule has 1 N–H and O–H groups in total. The Morgan fingerprint density at radius 3 is 2.16 bits per heavy atom. The molecule has 1 aromatic heterocycles. The van der Waals surface area contributed by atoms with E-state index < -0.39 is 0 Å². The number of hydrogen-bond acceptors (Lipinski definition) is 3.